The molecule has 2 heterocycles. The van der Waals surface area contributed by atoms with Gasteiger partial charge in [-0.05, 0) is 34.1 Å². The van der Waals surface area contributed by atoms with Crippen LogP contribution in [0.3, 0.4) is 0 Å². The van der Waals surface area contributed by atoms with Crippen LogP contribution in [0.4, 0.5) is 0 Å². The number of thiophene rings is 1. The molecule has 0 radical (unpaired) electrons. The summed E-state index contributed by atoms with van der Waals surface area (Å²) >= 11 is 4.92. The minimum Gasteiger partial charge on any atom is -0.387 e. The van der Waals surface area contributed by atoms with Crippen molar-refractivity contribution in [1.29, 1.82) is 0 Å². The summed E-state index contributed by atoms with van der Waals surface area (Å²) in [6.07, 6.45) is 1.84. The predicted octanol–water partition coefficient (Wildman–Crippen LogP) is 3.18. The molecular formula is C11H10BrNOS. The van der Waals surface area contributed by atoms with E-state index < -0.39 is 6.10 Å². The van der Waals surface area contributed by atoms with Crippen molar-refractivity contribution in [3.8, 4) is 0 Å². The Morgan fingerprint density at radius 3 is 2.93 bits per heavy atom. The van der Waals surface area contributed by atoms with E-state index in [-0.39, 0.29) is 0 Å². The Bertz CT molecular complexity index is 429. The number of nitrogens with zero attached hydrogens (tertiary/aromatic N) is 1. The highest BCUT2D eigenvalue weighted by atomic mass is 79.9. The zero-order chi connectivity index (χ0) is 10.7. The fourth-order valence-corrected chi connectivity index (χ4v) is 2.75. The molecule has 4 heteroatoms. The molecule has 0 aromatic carbocycles. The second kappa shape index (κ2) is 4.88. The molecule has 1 unspecified atom stereocenters. The molecule has 1 atom stereocenters. The van der Waals surface area contributed by atoms with Crippen LogP contribution in [0.5, 0.6) is 0 Å². The molecule has 2 rings (SSSR count). The van der Waals surface area contributed by atoms with Gasteiger partial charge in [0.2, 0.25) is 0 Å². The van der Waals surface area contributed by atoms with E-state index in [0.717, 1.165) is 15.0 Å². The minimum atomic E-state index is -0.462. The lowest BCUT2D eigenvalue weighted by Crippen LogP contribution is -2.00. The third kappa shape index (κ3) is 2.87. The molecule has 2 aromatic rings. The lowest BCUT2D eigenvalue weighted by molar-refractivity contribution is 0.181. The van der Waals surface area contributed by atoms with Crippen LogP contribution in [-0.2, 0) is 6.42 Å². The summed E-state index contributed by atoms with van der Waals surface area (Å²) in [5, 5.41) is 11.9. The average molecular weight is 284 g/mol. The smallest absolute Gasteiger partial charge is 0.0937 e. The topological polar surface area (TPSA) is 33.1 Å². The molecule has 78 valence electrons. The Morgan fingerprint density at radius 1 is 1.47 bits per heavy atom. The summed E-state index contributed by atoms with van der Waals surface area (Å²) in [6.45, 7) is 0. The molecule has 1 N–H and O–H groups in total. The van der Waals surface area contributed by atoms with Crippen molar-refractivity contribution in [2.45, 2.75) is 12.5 Å². The standard InChI is InChI=1S/C11H10BrNOS/c12-8-5-11(15-7-8)10(14)6-9-3-1-2-4-13-9/h1-5,7,10,14H,6H2. The Morgan fingerprint density at radius 2 is 2.33 bits per heavy atom. The fraction of sp³-hybridized carbons (Fsp3) is 0.182. The number of aromatic nitrogens is 1. The lowest BCUT2D eigenvalue weighted by atomic mass is 10.1. The summed E-state index contributed by atoms with van der Waals surface area (Å²) in [7, 11) is 0. The van der Waals surface area contributed by atoms with E-state index in [1.54, 1.807) is 17.5 Å². The molecule has 2 nitrogen and oxygen atoms in total. The number of rotatable bonds is 3. The largest absolute Gasteiger partial charge is 0.387 e. The highest BCUT2D eigenvalue weighted by Crippen LogP contribution is 2.27. The highest BCUT2D eigenvalue weighted by molar-refractivity contribution is 9.10. The lowest BCUT2D eigenvalue weighted by Gasteiger charge is -2.06. The first-order valence-electron chi connectivity index (χ1n) is 4.57. The maximum absolute atomic E-state index is 9.94. The van der Waals surface area contributed by atoms with Crippen molar-refractivity contribution in [3.63, 3.8) is 0 Å². The third-order valence-electron chi connectivity index (χ3n) is 2.04. The Hall–Kier alpha value is -0.710. The van der Waals surface area contributed by atoms with Crippen LogP contribution in [0.15, 0.2) is 40.3 Å². The molecule has 0 aliphatic carbocycles. The molecule has 0 spiro atoms. The van der Waals surface area contributed by atoms with Crippen LogP contribution >= 0.6 is 27.3 Å². The first-order chi connectivity index (χ1) is 7.25. The van der Waals surface area contributed by atoms with E-state index in [4.69, 9.17) is 0 Å². The maximum atomic E-state index is 9.94. The van der Waals surface area contributed by atoms with Gasteiger partial charge in [-0.1, -0.05) is 6.07 Å². The summed E-state index contributed by atoms with van der Waals surface area (Å²) < 4.78 is 1.02. The van der Waals surface area contributed by atoms with Crippen LogP contribution in [0.25, 0.3) is 0 Å². The molecule has 0 aliphatic rings. The van der Waals surface area contributed by atoms with Gasteiger partial charge < -0.3 is 5.11 Å². The number of hydrogen-bond acceptors (Lipinski definition) is 3. The second-order valence-electron chi connectivity index (χ2n) is 3.21. The van der Waals surface area contributed by atoms with E-state index >= 15 is 0 Å². The second-order valence-corrected chi connectivity index (χ2v) is 5.07. The van der Waals surface area contributed by atoms with Crippen LogP contribution in [-0.4, -0.2) is 10.1 Å². The average Bonchev–Trinajstić information content (AvgIpc) is 2.66. The van der Waals surface area contributed by atoms with Gasteiger partial charge in [0.15, 0.2) is 0 Å². The van der Waals surface area contributed by atoms with Gasteiger partial charge in [-0.15, -0.1) is 11.3 Å². The van der Waals surface area contributed by atoms with E-state index in [1.807, 2.05) is 29.6 Å². The summed E-state index contributed by atoms with van der Waals surface area (Å²) in [4.78, 5) is 5.15. The number of aliphatic hydroxyl groups is 1. The molecule has 0 bridgehead atoms. The van der Waals surface area contributed by atoms with E-state index in [0.29, 0.717) is 6.42 Å². The van der Waals surface area contributed by atoms with Crippen molar-refractivity contribution < 1.29 is 5.11 Å². The van der Waals surface area contributed by atoms with Crippen molar-refractivity contribution in [3.05, 3.63) is 50.9 Å². The summed E-state index contributed by atoms with van der Waals surface area (Å²) in [6, 6.07) is 7.67. The van der Waals surface area contributed by atoms with Gasteiger partial charge >= 0.3 is 0 Å². The van der Waals surface area contributed by atoms with Crippen molar-refractivity contribution >= 4 is 27.3 Å². The Kier molecular flexibility index (Phi) is 3.51. The molecule has 0 saturated carbocycles. The summed E-state index contributed by atoms with van der Waals surface area (Å²) in [5.74, 6) is 0. The molecule has 2 aromatic heterocycles. The molecular weight excluding hydrogens is 274 g/mol. The maximum Gasteiger partial charge on any atom is 0.0937 e. The van der Waals surface area contributed by atoms with Crippen LogP contribution in [0, 0.1) is 0 Å². The minimum absolute atomic E-state index is 0.462. The highest BCUT2D eigenvalue weighted by Gasteiger charge is 2.11. The number of pyridine rings is 1. The van der Waals surface area contributed by atoms with Crippen molar-refractivity contribution in [1.82, 2.24) is 4.98 Å². The first kappa shape index (κ1) is 10.8. The monoisotopic (exact) mass is 283 g/mol. The third-order valence-corrected chi connectivity index (χ3v) is 3.84. The zero-order valence-corrected chi connectivity index (χ0v) is 10.3. The molecule has 0 saturated heterocycles. The van der Waals surface area contributed by atoms with Crippen LogP contribution < -0.4 is 0 Å². The number of halogens is 1. The van der Waals surface area contributed by atoms with E-state index in [2.05, 4.69) is 20.9 Å². The quantitative estimate of drug-likeness (QED) is 0.939. The zero-order valence-electron chi connectivity index (χ0n) is 7.93. The summed E-state index contributed by atoms with van der Waals surface area (Å²) in [5.41, 5.74) is 0.912. The van der Waals surface area contributed by atoms with Gasteiger partial charge in [-0.25, -0.2) is 0 Å². The number of hydrogen-bond donors (Lipinski definition) is 1. The van der Waals surface area contributed by atoms with Crippen molar-refractivity contribution in [2.75, 3.05) is 0 Å². The molecule has 15 heavy (non-hydrogen) atoms. The SMILES string of the molecule is OC(Cc1ccccn1)c1cc(Br)cs1. The molecule has 0 amide bonds. The number of aliphatic hydroxyl groups excluding tert-OH is 1. The van der Waals surface area contributed by atoms with Gasteiger partial charge in [-0.3, -0.25) is 4.98 Å². The van der Waals surface area contributed by atoms with Gasteiger partial charge in [0.05, 0.1) is 6.10 Å². The van der Waals surface area contributed by atoms with Gasteiger partial charge in [0, 0.05) is 33.0 Å². The fourth-order valence-electron chi connectivity index (χ4n) is 1.32. The molecule has 0 fully saturated rings. The van der Waals surface area contributed by atoms with E-state index in [1.165, 1.54) is 0 Å². The van der Waals surface area contributed by atoms with Gasteiger partial charge in [-0.2, -0.15) is 0 Å². The van der Waals surface area contributed by atoms with Gasteiger partial charge in [0.1, 0.15) is 0 Å². The molecule has 0 aliphatic heterocycles. The predicted molar refractivity (Wildman–Crippen MR) is 64.9 cm³/mol. The van der Waals surface area contributed by atoms with Crippen molar-refractivity contribution in [2.24, 2.45) is 0 Å². The van der Waals surface area contributed by atoms with Gasteiger partial charge in [0.25, 0.3) is 0 Å². The van der Waals surface area contributed by atoms with Crippen LogP contribution in [0.2, 0.25) is 0 Å². The Balaban J connectivity index is 2.07. The first-order valence-corrected chi connectivity index (χ1v) is 6.25. The normalized spacial score (nSPS) is 12.7. The Labute approximate surface area is 101 Å². The van der Waals surface area contributed by atoms with Crippen LogP contribution in [0.1, 0.15) is 16.7 Å². The van der Waals surface area contributed by atoms with E-state index in [9.17, 15) is 5.11 Å².